The average Bonchev–Trinajstić information content (AvgIpc) is 2.88. The van der Waals surface area contributed by atoms with Crippen LogP contribution in [0.3, 0.4) is 0 Å². The molecule has 1 atom stereocenters. The molecule has 2 amide bonds. The number of imide groups is 1. The van der Waals surface area contributed by atoms with E-state index in [0.29, 0.717) is 25.6 Å². The minimum absolute atomic E-state index is 0.141. The molecule has 0 aromatic heterocycles. The highest BCUT2D eigenvalue weighted by molar-refractivity contribution is 5.94. The van der Waals surface area contributed by atoms with Crippen molar-refractivity contribution in [3.05, 3.63) is 0 Å². The number of nitrogens with zero attached hydrogens (tertiary/aromatic N) is 2. The lowest BCUT2D eigenvalue weighted by atomic mass is 10.1. The van der Waals surface area contributed by atoms with Crippen LogP contribution in [0.15, 0.2) is 0 Å². The van der Waals surface area contributed by atoms with E-state index in [-0.39, 0.29) is 5.91 Å². The number of hydrogen-bond donors (Lipinski definition) is 1. The summed E-state index contributed by atoms with van der Waals surface area (Å²) in [5, 5.41) is 3.15. The number of rotatable bonds is 4. The minimum Gasteiger partial charge on any atom is -0.447 e. The van der Waals surface area contributed by atoms with Gasteiger partial charge in [-0.2, -0.15) is 0 Å². The largest absolute Gasteiger partial charge is 0.447 e. The van der Waals surface area contributed by atoms with E-state index in [1.54, 1.807) is 0 Å². The van der Waals surface area contributed by atoms with Crippen LogP contribution in [0.1, 0.15) is 6.42 Å². The molecule has 6 heteroatoms. The first-order chi connectivity index (χ1) is 8.20. The van der Waals surface area contributed by atoms with E-state index >= 15 is 0 Å². The van der Waals surface area contributed by atoms with E-state index in [9.17, 15) is 9.59 Å². The molecule has 6 nitrogen and oxygen atoms in total. The molecule has 1 N–H and O–H groups in total. The summed E-state index contributed by atoms with van der Waals surface area (Å²) in [6.07, 6.45) is 0.611. The zero-order chi connectivity index (χ0) is 12.3. The van der Waals surface area contributed by atoms with Crippen LogP contribution in [0, 0.1) is 5.92 Å². The summed E-state index contributed by atoms with van der Waals surface area (Å²) in [4.78, 5) is 26.4. The van der Waals surface area contributed by atoms with Crippen LogP contribution in [0.25, 0.3) is 0 Å². The molecule has 0 aromatic rings. The van der Waals surface area contributed by atoms with Crippen molar-refractivity contribution in [2.24, 2.45) is 5.92 Å². The van der Waals surface area contributed by atoms with Gasteiger partial charge >= 0.3 is 6.09 Å². The first kappa shape index (κ1) is 12.3. The van der Waals surface area contributed by atoms with Gasteiger partial charge in [0.25, 0.3) is 0 Å². The van der Waals surface area contributed by atoms with Crippen LogP contribution in [-0.2, 0) is 9.53 Å². The molecule has 96 valence electrons. The Morgan fingerprint density at radius 2 is 2.35 bits per heavy atom. The van der Waals surface area contributed by atoms with Crippen LogP contribution >= 0.6 is 0 Å². The molecule has 2 aliphatic rings. The minimum atomic E-state index is -0.499. The molecule has 0 aliphatic carbocycles. The van der Waals surface area contributed by atoms with Gasteiger partial charge in [-0.25, -0.2) is 9.69 Å². The second kappa shape index (κ2) is 5.46. The molecule has 17 heavy (non-hydrogen) atoms. The van der Waals surface area contributed by atoms with E-state index in [4.69, 9.17) is 4.74 Å². The van der Waals surface area contributed by atoms with Crippen LogP contribution in [0.5, 0.6) is 0 Å². The first-order valence-electron chi connectivity index (χ1n) is 6.05. The first-order valence-corrected chi connectivity index (χ1v) is 6.05. The van der Waals surface area contributed by atoms with Crippen LogP contribution in [-0.4, -0.2) is 68.2 Å². The number of carbonyl (C=O) groups excluding carboxylic acids is 2. The van der Waals surface area contributed by atoms with Crippen molar-refractivity contribution in [3.63, 3.8) is 0 Å². The second-order valence-electron chi connectivity index (χ2n) is 4.61. The fraction of sp³-hybridized carbons (Fsp3) is 0.818. The van der Waals surface area contributed by atoms with E-state index in [1.165, 1.54) is 4.90 Å². The van der Waals surface area contributed by atoms with Gasteiger partial charge in [-0.05, 0) is 32.5 Å². The monoisotopic (exact) mass is 241 g/mol. The van der Waals surface area contributed by atoms with Gasteiger partial charge in [-0.15, -0.1) is 0 Å². The summed E-state index contributed by atoms with van der Waals surface area (Å²) < 4.78 is 4.75. The van der Waals surface area contributed by atoms with E-state index < -0.39 is 6.09 Å². The highest BCUT2D eigenvalue weighted by Crippen LogP contribution is 2.15. The zero-order valence-corrected chi connectivity index (χ0v) is 10.1. The number of carbonyl (C=O) groups is 2. The standard InChI is InChI=1S/C11H19N3O3/c1-12-6-9-2-3-13(7-9)8-10(15)14-4-5-17-11(14)16/h9,12H,2-8H2,1H3. The van der Waals surface area contributed by atoms with Crippen molar-refractivity contribution < 1.29 is 14.3 Å². The van der Waals surface area contributed by atoms with Crippen molar-refractivity contribution in [3.8, 4) is 0 Å². The summed E-state index contributed by atoms with van der Waals surface area (Å²) in [5.74, 6) is 0.468. The van der Waals surface area contributed by atoms with Gasteiger partial charge in [0.15, 0.2) is 0 Å². The molecule has 0 aromatic carbocycles. The van der Waals surface area contributed by atoms with Crippen LogP contribution in [0.2, 0.25) is 0 Å². The molecule has 0 saturated carbocycles. The number of ether oxygens (including phenoxy) is 1. The van der Waals surface area contributed by atoms with Crippen molar-refractivity contribution in [1.82, 2.24) is 15.1 Å². The van der Waals surface area contributed by atoms with Crippen LogP contribution < -0.4 is 5.32 Å². The van der Waals surface area contributed by atoms with Gasteiger partial charge < -0.3 is 10.1 Å². The molecule has 2 heterocycles. The summed E-state index contributed by atoms with van der Waals surface area (Å²) in [5.41, 5.74) is 0. The van der Waals surface area contributed by atoms with Gasteiger partial charge in [-0.1, -0.05) is 0 Å². The predicted molar refractivity (Wildman–Crippen MR) is 61.5 cm³/mol. The Balaban J connectivity index is 1.78. The molecule has 0 bridgehead atoms. The zero-order valence-electron chi connectivity index (χ0n) is 10.1. The fourth-order valence-electron chi connectivity index (χ4n) is 2.41. The number of amides is 2. The molecule has 2 rings (SSSR count). The number of nitrogens with one attached hydrogen (secondary N) is 1. The molecule has 2 fully saturated rings. The molecule has 0 radical (unpaired) electrons. The molecule has 2 aliphatic heterocycles. The Labute approximate surface area is 101 Å². The Hall–Kier alpha value is -1.14. The summed E-state index contributed by atoms with van der Waals surface area (Å²) in [6.45, 7) is 3.89. The lowest BCUT2D eigenvalue weighted by Crippen LogP contribution is -2.40. The number of cyclic esters (lactones) is 1. The lowest BCUT2D eigenvalue weighted by molar-refractivity contribution is -0.128. The third-order valence-electron chi connectivity index (χ3n) is 3.28. The van der Waals surface area contributed by atoms with Gasteiger partial charge in [0.1, 0.15) is 6.61 Å². The molecule has 2 saturated heterocycles. The quantitative estimate of drug-likeness (QED) is 0.719. The van der Waals surface area contributed by atoms with Gasteiger partial charge in [-0.3, -0.25) is 9.69 Å². The van der Waals surface area contributed by atoms with Crippen molar-refractivity contribution in [2.45, 2.75) is 6.42 Å². The number of likely N-dealkylation sites (tertiary alicyclic amines) is 1. The Bertz CT molecular complexity index is 308. The van der Waals surface area contributed by atoms with E-state index in [2.05, 4.69) is 10.2 Å². The van der Waals surface area contributed by atoms with Crippen molar-refractivity contribution in [1.29, 1.82) is 0 Å². The SMILES string of the molecule is CNCC1CCN(CC(=O)N2CCOC2=O)C1. The van der Waals surface area contributed by atoms with Crippen LogP contribution in [0.4, 0.5) is 4.79 Å². The Morgan fingerprint density at radius 3 is 3.00 bits per heavy atom. The van der Waals surface area contributed by atoms with Crippen molar-refractivity contribution in [2.75, 3.05) is 46.4 Å². The van der Waals surface area contributed by atoms with Gasteiger partial charge in [0.2, 0.25) is 5.91 Å². The topological polar surface area (TPSA) is 61.9 Å². The smallest absolute Gasteiger partial charge is 0.416 e. The van der Waals surface area contributed by atoms with E-state index in [1.807, 2.05) is 7.05 Å². The van der Waals surface area contributed by atoms with Gasteiger partial charge in [0.05, 0.1) is 13.1 Å². The Morgan fingerprint density at radius 1 is 1.53 bits per heavy atom. The fourth-order valence-corrected chi connectivity index (χ4v) is 2.41. The molecule has 1 unspecified atom stereocenters. The highest BCUT2D eigenvalue weighted by atomic mass is 16.6. The average molecular weight is 241 g/mol. The third-order valence-corrected chi connectivity index (χ3v) is 3.28. The summed E-state index contributed by atoms with van der Waals surface area (Å²) >= 11 is 0. The summed E-state index contributed by atoms with van der Waals surface area (Å²) in [6, 6.07) is 0. The predicted octanol–water partition coefficient (Wildman–Crippen LogP) is -0.493. The van der Waals surface area contributed by atoms with Crippen molar-refractivity contribution >= 4 is 12.0 Å². The lowest BCUT2D eigenvalue weighted by Gasteiger charge is -2.18. The molecular weight excluding hydrogens is 222 g/mol. The highest BCUT2D eigenvalue weighted by Gasteiger charge is 2.31. The molecular formula is C11H19N3O3. The Kier molecular flexibility index (Phi) is 3.96. The maximum Gasteiger partial charge on any atom is 0.416 e. The summed E-state index contributed by atoms with van der Waals surface area (Å²) in [7, 11) is 1.94. The van der Waals surface area contributed by atoms with Gasteiger partial charge in [0, 0.05) is 6.54 Å². The van der Waals surface area contributed by atoms with E-state index in [0.717, 1.165) is 26.1 Å². The number of hydrogen-bond acceptors (Lipinski definition) is 5. The maximum absolute atomic E-state index is 11.8. The maximum atomic E-state index is 11.8. The molecule has 0 spiro atoms. The third kappa shape index (κ3) is 2.95. The second-order valence-corrected chi connectivity index (χ2v) is 4.61. The normalized spacial score (nSPS) is 25.4.